The maximum Gasteiger partial charge on any atom is 0.262 e. The average Bonchev–Trinajstić information content (AvgIpc) is 3.28. The molecule has 2 fully saturated rings. The average molecular weight is 900 g/mol. The molecule has 0 bridgehead atoms. The van der Waals surface area contributed by atoms with Gasteiger partial charge in [-0.2, -0.15) is 0 Å². The van der Waals surface area contributed by atoms with E-state index in [-0.39, 0.29) is 24.3 Å². The van der Waals surface area contributed by atoms with Crippen LogP contribution in [0.1, 0.15) is 36.8 Å². The van der Waals surface area contributed by atoms with Gasteiger partial charge in [-0.25, -0.2) is 19.9 Å². The third kappa shape index (κ3) is 11.2. The molecule has 2 saturated heterocycles. The van der Waals surface area contributed by atoms with Crippen LogP contribution in [0.3, 0.4) is 0 Å². The van der Waals surface area contributed by atoms with Crippen molar-refractivity contribution in [2.24, 2.45) is 0 Å². The molecule has 16 nitrogen and oxygen atoms in total. The molecule has 17 heteroatoms. The number of nitrogens with one attached hydrogen (secondary N) is 3. The van der Waals surface area contributed by atoms with Crippen molar-refractivity contribution < 1.29 is 19.7 Å². The lowest BCUT2D eigenvalue weighted by molar-refractivity contribution is 0.238. The zero-order valence-corrected chi connectivity index (χ0v) is 37.1. The minimum Gasteiger partial charge on any atom is -0.496 e. The second kappa shape index (κ2) is 21.0. The molecule has 0 unspecified atom stereocenters. The van der Waals surface area contributed by atoms with Crippen molar-refractivity contribution in [1.82, 2.24) is 45.0 Å². The van der Waals surface area contributed by atoms with Crippen LogP contribution < -0.4 is 30.8 Å². The van der Waals surface area contributed by atoms with Gasteiger partial charge in [-0.15, -0.1) is 0 Å². The fraction of sp³-hybridized carbons (Fsp3) is 0.409. The molecule has 2 aromatic carbocycles. The molecule has 0 spiro atoms. The van der Waals surface area contributed by atoms with E-state index in [0.717, 1.165) is 37.8 Å². The number of aromatic amines is 2. The summed E-state index contributed by atoms with van der Waals surface area (Å²) in [4.78, 5) is 55.6. The van der Waals surface area contributed by atoms with Crippen LogP contribution in [0.25, 0.3) is 44.8 Å². The number of aromatic nitrogens is 6. The number of anilines is 1. The highest BCUT2D eigenvalue weighted by molar-refractivity contribution is 9.10. The predicted octanol–water partition coefficient (Wildman–Crippen LogP) is 4.56. The summed E-state index contributed by atoms with van der Waals surface area (Å²) < 4.78 is 11.2. The summed E-state index contributed by atoms with van der Waals surface area (Å²) in [6.07, 6.45) is 4.81. The number of aliphatic hydroxyl groups excluding tert-OH is 2. The largest absolute Gasteiger partial charge is 0.496 e. The Hall–Kier alpha value is -5.30. The first-order chi connectivity index (χ1) is 29.4. The van der Waals surface area contributed by atoms with Crippen LogP contribution in [-0.2, 0) is 13.2 Å². The Kier molecular flexibility index (Phi) is 15.6. The number of hydrogen-bond donors (Lipinski definition) is 5. The normalized spacial score (nSPS) is 14.8. The van der Waals surface area contributed by atoms with E-state index >= 15 is 0 Å². The maximum absolute atomic E-state index is 12.8. The zero-order chi connectivity index (χ0) is 43.6. The summed E-state index contributed by atoms with van der Waals surface area (Å²) in [5.74, 6) is 2.41. The van der Waals surface area contributed by atoms with Crippen molar-refractivity contribution in [3.05, 3.63) is 97.1 Å². The van der Waals surface area contributed by atoms with Gasteiger partial charge in [-0.3, -0.25) is 9.59 Å². The fourth-order valence-corrected chi connectivity index (χ4v) is 7.88. The highest BCUT2D eigenvalue weighted by Crippen LogP contribution is 2.28. The van der Waals surface area contributed by atoms with Gasteiger partial charge in [0, 0.05) is 25.2 Å². The molecule has 2 aliphatic heterocycles. The standard InChI is InChI=1S/C22H27N5O3.C15H12BrN3O3.C7H16N2/c1-26(2)15-7-9-27(10-8-15)19-6-4-5-16(23-19)21-24-17-11-14(13-28)12-18(30-3)20(17)22(29)25-21;1-22-11-6-8(7-20)5-10-13(11)15(21)19-14(18-10)9-3-2-4-12(16)17-9;1-9(2)7-3-5-8-6-4-7/h4-6,11-12,15,28H,7-10,13H2,1-3H3,(H,24,25,29);2-6,20H,7H2,1H3,(H,18,19,21);7-8H,3-6H2,1-2H3. The van der Waals surface area contributed by atoms with Crippen molar-refractivity contribution in [3.63, 3.8) is 0 Å². The van der Waals surface area contributed by atoms with Gasteiger partial charge in [-0.05, 0) is 143 Å². The molecule has 61 heavy (non-hydrogen) atoms. The van der Waals surface area contributed by atoms with Crippen molar-refractivity contribution in [3.8, 4) is 34.5 Å². The van der Waals surface area contributed by atoms with Gasteiger partial charge >= 0.3 is 0 Å². The first-order valence-electron chi connectivity index (χ1n) is 20.2. The molecule has 8 rings (SSSR count). The van der Waals surface area contributed by atoms with E-state index in [4.69, 9.17) is 14.5 Å². The first-order valence-corrected chi connectivity index (χ1v) is 21.0. The molecular formula is C44H55BrN10O6. The van der Waals surface area contributed by atoms with E-state index in [1.54, 1.807) is 42.5 Å². The first kappa shape index (κ1) is 45.2. The zero-order valence-electron chi connectivity index (χ0n) is 35.5. The highest BCUT2D eigenvalue weighted by Gasteiger charge is 2.22. The minimum atomic E-state index is -0.317. The van der Waals surface area contributed by atoms with Crippen LogP contribution in [0.2, 0.25) is 0 Å². The van der Waals surface area contributed by atoms with E-state index < -0.39 is 0 Å². The summed E-state index contributed by atoms with van der Waals surface area (Å²) in [5.41, 5.74) is 2.71. The number of methoxy groups -OCH3 is 2. The van der Waals surface area contributed by atoms with Crippen LogP contribution in [-0.4, -0.2) is 131 Å². The quantitative estimate of drug-likeness (QED) is 0.127. The van der Waals surface area contributed by atoms with Crippen LogP contribution in [0, 0.1) is 0 Å². The SMILES string of the molecule is CN(C)C1CCNCC1.COc1cc(CO)cc2nc(-c3cccc(Br)n3)[nH]c(=O)c12.COc1cc(CO)cc2nc(-c3cccc(N4CCC(N(C)C)CC4)n3)[nH]c(=O)c12. The molecule has 0 radical (unpaired) electrons. The summed E-state index contributed by atoms with van der Waals surface area (Å²) in [7, 11) is 11.5. The van der Waals surface area contributed by atoms with Gasteiger partial charge in [0.1, 0.15) is 44.1 Å². The van der Waals surface area contributed by atoms with E-state index in [1.807, 2.05) is 18.2 Å². The van der Waals surface area contributed by atoms with E-state index in [9.17, 15) is 19.8 Å². The molecule has 0 saturated carbocycles. The molecule has 324 valence electrons. The smallest absolute Gasteiger partial charge is 0.262 e. The third-order valence-corrected chi connectivity index (χ3v) is 11.4. The Morgan fingerprint density at radius 3 is 1.61 bits per heavy atom. The molecule has 6 heterocycles. The Morgan fingerprint density at radius 2 is 1.16 bits per heavy atom. The van der Waals surface area contributed by atoms with Crippen LogP contribution in [0.4, 0.5) is 5.82 Å². The van der Waals surface area contributed by atoms with E-state index in [1.165, 1.54) is 40.2 Å². The van der Waals surface area contributed by atoms with Crippen molar-refractivity contribution >= 4 is 43.6 Å². The number of pyridine rings is 2. The molecule has 5 N–H and O–H groups in total. The number of piperidine rings is 2. The molecule has 0 atom stereocenters. The number of aliphatic hydroxyl groups is 2. The lowest BCUT2D eigenvalue weighted by Crippen LogP contribution is -2.42. The number of ether oxygens (including phenoxy) is 2. The predicted molar refractivity (Wildman–Crippen MR) is 242 cm³/mol. The van der Waals surface area contributed by atoms with Crippen LogP contribution >= 0.6 is 15.9 Å². The molecular weight excluding hydrogens is 844 g/mol. The molecule has 6 aromatic rings. The lowest BCUT2D eigenvalue weighted by atomic mass is 10.0. The Labute approximate surface area is 363 Å². The lowest BCUT2D eigenvalue weighted by Gasteiger charge is -2.35. The number of H-pyrrole nitrogens is 2. The van der Waals surface area contributed by atoms with E-state index in [2.05, 4.69) is 89.1 Å². The van der Waals surface area contributed by atoms with E-state index in [0.29, 0.717) is 78.1 Å². The number of hydrogen-bond acceptors (Lipinski definition) is 14. The second-order valence-corrected chi connectivity index (χ2v) is 16.2. The number of nitrogens with zero attached hydrogens (tertiary/aromatic N) is 7. The Bertz CT molecular complexity index is 2530. The number of rotatable bonds is 9. The molecule has 2 aliphatic rings. The monoisotopic (exact) mass is 898 g/mol. The highest BCUT2D eigenvalue weighted by atomic mass is 79.9. The third-order valence-electron chi connectivity index (χ3n) is 11.0. The number of halogens is 1. The molecule has 0 aliphatic carbocycles. The molecule has 0 amide bonds. The summed E-state index contributed by atoms with van der Waals surface area (Å²) in [5, 5.41) is 22.9. The van der Waals surface area contributed by atoms with Crippen molar-refractivity contribution in [2.45, 2.75) is 51.0 Å². The van der Waals surface area contributed by atoms with Crippen molar-refractivity contribution in [2.75, 3.05) is 73.5 Å². The van der Waals surface area contributed by atoms with Gasteiger partial charge in [-0.1, -0.05) is 12.1 Å². The van der Waals surface area contributed by atoms with Crippen molar-refractivity contribution in [1.29, 1.82) is 0 Å². The van der Waals surface area contributed by atoms with Gasteiger partial charge in [0.2, 0.25) is 0 Å². The Balaban J connectivity index is 0.000000175. The fourth-order valence-electron chi connectivity index (χ4n) is 7.54. The molecule has 4 aromatic heterocycles. The van der Waals surface area contributed by atoms with Gasteiger partial charge in [0.15, 0.2) is 11.6 Å². The number of fused-ring (bicyclic) bond motifs is 2. The van der Waals surface area contributed by atoms with Gasteiger partial charge < -0.3 is 49.7 Å². The topological polar surface area (TPSA) is 198 Å². The minimum absolute atomic E-state index is 0.160. The van der Waals surface area contributed by atoms with Gasteiger partial charge in [0.05, 0.1) is 38.5 Å². The van der Waals surface area contributed by atoms with Crippen LogP contribution in [0.5, 0.6) is 11.5 Å². The van der Waals surface area contributed by atoms with Crippen LogP contribution in [0.15, 0.2) is 74.9 Å². The summed E-state index contributed by atoms with van der Waals surface area (Å²) in [6.45, 7) is 3.96. The maximum atomic E-state index is 12.8. The summed E-state index contributed by atoms with van der Waals surface area (Å²) >= 11 is 3.29. The van der Waals surface area contributed by atoms with Gasteiger partial charge in [0.25, 0.3) is 11.1 Å². The number of benzene rings is 2. The second-order valence-electron chi connectivity index (χ2n) is 15.4. The Morgan fingerprint density at radius 1 is 0.689 bits per heavy atom. The summed E-state index contributed by atoms with van der Waals surface area (Å²) in [6, 6.07) is 19.2.